The number of benzene rings is 2. The molecule has 1 aromatic heterocycles. The Labute approximate surface area is 105 Å². The molecule has 0 N–H and O–H groups in total. The molecule has 0 aliphatic rings. The van der Waals surface area contributed by atoms with Gasteiger partial charge in [0.1, 0.15) is 11.3 Å². The second-order valence-electron chi connectivity index (χ2n) is 4.25. The van der Waals surface area contributed by atoms with Gasteiger partial charge in [-0.1, -0.05) is 42.5 Å². The number of fused-ring (bicyclic) bond motifs is 1. The molecule has 0 fully saturated rings. The fourth-order valence-electron chi connectivity index (χ4n) is 2.10. The molecule has 88 valence electrons. The molecule has 0 bridgehead atoms. The lowest BCUT2D eigenvalue weighted by Crippen LogP contribution is -2.06. The van der Waals surface area contributed by atoms with Crippen molar-refractivity contribution in [2.45, 2.75) is 6.92 Å². The van der Waals surface area contributed by atoms with E-state index in [0.717, 1.165) is 5.56 Å². The summed E-state index contributed by atoms with van der Waals surface area (Å²) in [4.78, 5) is 12.3. The Morgan fingerprint density at radius 3 is 2.33 bits per heavy atom. The largest absolute Gasteiger partial charge is 0.456 e. The zero-order valence-electron chi connectivity index (χ0n) is 10.0. The molecule has 0 radical (unpaired) electrons. The van der Waals surface area contributed by atoms with E-state index in [1.54, 1.807) is 13.0 Å². The minimum atomic E-state index is 0.0377. The second-order valence-corrected chi connectivity index (χ2v) is 4.25. The average Bonchev–Trinajstić information content (AvgIpc) is 2.44. The molecule has 1 heterocycles. The topological polar surface area (TPSA) is 30.2 Å². The van der Waals surface area contributed by atoms with E-state index in [1.165, 1.54) is 0 Å². The van der Waals surface area contributed by atoms with E-state index in [4.69, 9.17) is 4.42 Å². The quantitative estimate of drug-likeness (QED) is 0.643. The Kier molecular flexibility index (Phi) is 2.49. The summed E-state index contributed by atoms with van der Waals surface area (Å²) in [6, 6.07) is 17.0. The monoisotopic (exact) mass is 236 g/mol. The Hall–Kier alpha value is -2.35. The maximum Gasteiger partial charge on any atom is 0.196 e. The van der Waals surface area contributed by atoms with Gasteiger partial charge < -0.3 is 4.42 Å². The van der Waals surface area contributed by atoms with Gasteiger partial charge >= 0.3 is 0 Å². The maximum atomic E-state index is 12.3. The number of para-hydroxylation sites is 1. The van der Waals surface area contributed by atoms with Gasteiger partial charge in [0, 0.05) is 11.1 Å². The normalized spacial score (nSPS) is 10.7. The van der Waals surface area contributed by atoms with Crippen LogP contribution in [0, 0.1) is 6.92 Å². The van der Waals surface area contributed by atoms with E-state index in [9.17, 15) is 4.79 Å². The van der Waals surface area contributed by atoms with Crippen LogP contribution in [-0.4, -0.2) is 0 Å². The summed E-state index contributed by atoms with van der Waals surface area (Å²) < 4.78 is 5.86. The number of hydrogen-bond donors (Lipinski definition) is 0. The van der Waals surface area contributed by atoms with Gasteiger partial charge in [-0.3, -0.25) is 4.79 Å². The van der Waals surface area contributed by atoms with Gasteiger partial charge in [-0.15, -0.1) is 0 Å². The molecule has 3 aromatic rings. The summed E-state index contributed by atoms with van der Waals surface area (Å²) in [6.45, 7) is 1.81. The number of rotatable bonds is 1. The summed E-state index contributed by atoms with van der Waals surface area (Å²) in [5, 5.41) is 0.634. The molecule has 0 saturated heterocycles. The lowest BCUT2D eigenvalue weighted by Gasteiger charge is -2.06. The first-order valence-electron chi connectivity index (χ1n) is 5.85. The van der Waals surface area contributed by atoms with Crippen LogP contribution in [0.25, 0.3) is 22.3 Å². The standard InChI is InChI=1S/C16H12O2/c1-11-15(17)13-9-5-6-10-14(13)18-16(11)12-7-3-2-4-8-12/h2-10H,1H3. The molecule has 0 spiro atoms. The van der Waals surface area contributed by atoms with Crippen LogP contribution in [0.5, 0.6) is 0 Å². The zero-order valence-corrected chi connectivity index (χ0v) is 10.0. The van der Waals surface area contributed by atoms with Crippen molar-refractivity contribution in [1.29, 1.82) is 0 Å². The van der Waals surface area contributed by atoms with Gasteiger partial charge in [0.2, 0.25) is 0 Å². The van der Waals surface area contributed by atoms with Crippen LogP contribution < -0.4 is 5.43 Å². The Bertz CT molecular complexity index is 755. The van der Waals surface area contributed by atoms with E-state index in [1.807, 2.05) is 48.5 Å². The smallest absolute Gasteiger partial charge is 0.196 e. The maximum absolute atomic E-state index is 12.3. The van der Waals surface area contributed by atoms with Crippen LogP contribution in [-0.2, 0) is 0 Å². The Balaban J connectivity index is 2.38. The zero-order chi connectivity index (χ0) is 12.5. The van der Waals surface area contributed by atoms with Crippen molar-refractivity contribution in [3.8, 4) is 11.3 Å². The third-order valence-electron chi connectivity index (χ3n) is 3.06. The Morgan fingerprint density at radius 1 is 0.889 bits per heavy atom. The fraction of sp³-hybridized carbons (Fsp3) is 0.0625. The van der Waals surface area contributed by atoms with Crippen molar-refractivity contribution in [3.63, 3.8) is 0 Å². The molecule has 0 atom stereocenters. The molecular formula is C16H12O2. The lowest BCUT2D eigenvalue weighted by molar-refractivity contribution is 0.614. The van der Waals surface area contributed by atoms with Gasteiger partial charge in [0.05, 0.1) is 5.39 Å². The van der Waals surface area contributed by atoms with E-state index >= 15 is 0 Å². The summed E-state index contributed by atoms with van der Waals surface area (Å²) in [6.07, 6.45) is 0. The minimum absolute atomic E-state index is 0.0377. The van der Waals surface area contributed by atoms with Crippen LogP contribution in [0.3, 0.4) is 0 Å². The van der Waals surface area contributed by atoms with Crippen LogP contribution in [0.4, 0.5) is 0 Å². The van der Waals surface area contributed by atoms with Gasteiger partial charge in [-0.25, -0.2) is 0 Å². The second kappa shape index (κ2) is 4.15. The van der Waals surface area contributed by atoms with E-state index in [0.29, 0.717) is 22.3 Å². The third kappa shape index (κ3) is 1.63. The Morgan fingerprint density at radius 2 is 1.56 bits per heavy atom. The number of hydrogen-bond acceptors (Lipinski definition) is 2. The van der Waals surface area contributed by atoms with E-state index in [-0.39, 0.29) is 5.43 Å². The van der Waals surface area contributed by atoms with Crippen molar-refractivity contribution < 1.29 is 4.42 Å². The summed E-state index contributed by atoms with van der Waals surface area (Å²) in [5.74, 6) is 0.652. The molecule has 0 aliphatic carbocycles. The highest BCUT2D eigenvalue weighted by atomic mass is 16.3. The van der Waals surface area contributed by atoms with Crippen LogP contribution >= 0.6 is 0 Å². The molecule has 2 aromatic carbocycles. The third-order valence-corrected chi connectivity index (χ3v) is 3.06. The lowest BCUT2D eigenvalue weighted by atomic mass is 10.1. The van der Waals surface area contributed by atoms with Crippen LogP contribution in [0.2, 0.25) is 0 Å². The molecule has 0 aliphatic heterocycles. The van der Waals surface area contributed by atoms with E-state index in [2.05, 4.69) is 0 Å². The highest BCUT2D eigenvalue weighted by molar-refractivity contribution is 5.80. The van der Waals surface area contributed by atoms with Crippen molar-refractivity contribution in [2.75, 3.05) is 0 Å². The predicted octanol–water partition coefficient (Wildman–Crippen LogP) is 3.77. The van der Waals surface area contributed by atoms with Crippen molar-refractivity contribution >= 4 is 11.0 Å². The first-order chi connectivity index (χ1) is 8.77. The first-order valence-corrected chi connectivity index (χ1v) is 5.85. The summed E-state index contributed by atoms with van der Waals surface area (Å²) in [5.41, 5.74) is 2.25. The van der Waals surface area contributed by atoms with Gasteiger partial charge in [-0.2, -0.15) is 0 Å². The van der Waals surface area contributed by atoms with Crippen molar-refractivity contribution in [1.82, 2.24) is 0 Å². The van der Waals surface area contributed by atoms with Gasteiger partial charge in [0.15, 0.2) is 5.43 Å². The fourth-order valence-corrected chi connectivity index (χ4v) is 2.10. The molecule has 2 nitrogen and oxygen atoms in total. The van der Waals surface area contributed by atoms with Crippen molar-refractivity contribution in [3.05, 3.63) is 70.4 Å². The molecule has 3 rings (SSSR count). The molecule has 18 heavy (non-hydrogen) atoms. The average molecular weight is 236 g/mol. The molecule has 0 unspecified atom stereocenters. The van der Waals surface area contributed by atoms with Crippen molar-refractivity contribution in [2.24, 2.45) is 0 Å². The minimum Gasteiger partial charge on any atom is -0.456 e. The predicted molar refractivity (Wildman–Crippen MR) is 72.7 cm³/mol. The first kappa shape index (κ1) is 10.8. The summed E-state index contributed by atoms with van der Waals surface area (Å²) in [7, 11) is 0. The molecule has 0 amide bonds. The van der Waals surface area contributed by atoms with E-state index < -0.39 is 0 Å². The highest BCUT2D eigenvalue weighted by Crippen LogP contribution is 2.24. The van der Waals surface area contributed by atoms with Gasteiger partial charge in [0.25, 0.3) is 0 Å². The molecular weight excluding hydrogens is 224 g/mol. The molecule has 0 saturated carbocycles. The highest BCUT2D eigenvalue weighted by Gasteiger charge is 2.11. The van der Waals surface area contributed by atoms with Crippen LogP contribution in [0.15, 0.2) is 63.8 Å². The van der Waals surface area contributed by atoms with Gasteiger partial charge in [-0.05, 0) is 19.1 Å². The SMILES string of the molecule is Cc1c(-c2ccccc2)oc2ccccc2c1=O. The van der Waals surface area contributed by atoms with Crippen LogP contribution in [0.1, 0.15) is 5.56 Å². The molecule has 2 heteroatoms. The summed E-state index contributed by atoms with van der Waals surface area (Å²) >= 11 is 0.